The Hall–Kier alpha value is -2.32. The van der Waals surface area contributed by atoms with Crippen LogP contribution in [-0.4, -0.2) is 65.5 Å². The number of nitrogens with one attached hydrogen (secondary N) is 3. The summed E-state index contributed by atoms with van der Waals surface area (Å²) >= 11 is 0. The van der Waals surface area contributed by atoms with Crippen molar-refractivity contribution in [3.8, 4) is 0 Å². The molecule has 9 nitrogen and oxygen atoms in total. The molecule has 1 rings (SSSR count). The summed E-state index contributed by atoms with van der Waals surface area (Å²) in [5, 5.41) is 16.3. The molecule has 0 aromatic carbocycles. The quantitative estimate of drug-likeness (QED) is 0.480. The molecule has 20 heavy (non-hydrogen) atoms. The molecule has 0 aliphatic carbocycles. The maximum Gasteiger partial charge on any atom is 0.328 e. The van der Waals surface area contributed by atoms with Gasteiger partial charge in [0.05, 0.1) is 0 Å². The molecular formula is C11H18N4O5. The van der Waals surface area contributed by atoms with E-state index < -0.39 is 30.0 Å². The molecule has 0 aromatic heterocycles. The van der Waals surface area contributed by atoms with Crippen LogP contribution in [0.25, 0.3) is 0 Å². The van der Waals surface area contributed by atoms with Crippen LogP contribution in [0.2, 0.25) is 0 Å². The van der Waals surface area contributed by atoms with Gasteiger partial charge in [0.25, 0.3) is 0 Å². The molecule has 2 atom stereocenters. The number of carbonyl (C=O) groups excluding carboxylic acids is 3. The van der Waals surface area contributed by atoms with Gasteiger partial charge in [0, 0.05) is 13.1 Å². The van der Waals surface area contributed by atoms with E-state index >= 15 is 0 Å². The second kappa shape index (κ2) is 6.73. The molecule has 4 N–H and O–H groups in total. The lowest BCUT2D eigenvalue weighted by Crippen LogP contribution is -2.62. The summed E-state index contributed by atoms with van der Waals surface area (Å²) in [5.41, 5.74) is 0. The number of hydrogen-bond donors (Lipinski definition) is 4. The summed E-state index contributed by atoms with van der Waals surface area (Å²) in [6.45, 7) is 3.12. The van der Waals surface area contributed by atoms with Crippen LogP contribution in [0.3, 0.4) is 0 Å². The van der Waals surface area contributed by atoms with Crippen LogP contribution in [0, 0.1) is 0 Å². The summed E-state index contributed by atoms with van der Waals surface area (Å²) in [6.07, 6.45) is 0. The maximum absolute atomic E-state index is 12.0. The minimum Gasteiger partial charge on any atom is -0.480 e. The van der Waals surface area contributed by atoms with Gasteiger partial charge in [0.15, 0.2) is 0 Å². The number of nitrogens with zero attached hydrogens (tertiary/aromatic N) is 1. The Morgan fingerprint density at radius 1 is 1.50 bits per heavy atom. The summed E-state index contributed by atoms with van der Waals surface area (Å²) in [7, 11) is 0. The van der Waals surface area contributed by atoms with Crippen LogP contribution in [0.1, 0.15) is 13.8 Å². The lowest BCUT2D eigenvalue weighted by Gasteiger charge is -2.33. The zero-order chi connectivity index (χ0) is 15.3. The molecule has 1 aliphatic rings. The van der Waals surface area contributed by atoms with E-state index in [1.54, 1.807) is 6.92 Å². The normalized spacial score (nSPS) is 19.8. The number of likely N-dealkylation sites (N-methyl/N-ethyl adjacent to an activating group) is 1. The largest absolute Gasteiger partial charge is 0.480 e. The lowest BCUT2D eigenvalue weighted by atomic mass is 10.2. The Morgan fingerprint density at radius 3 is 2.70 bits per heavy atom. The number of amides is 4. The SMILES string of the molecule is CCNC(=O)C(C)NC(=O)N1CC(=O)NCC1C(=O)O. The van der Waals surface area contributed by atoms with E-state index in [2.05, 4.69) is 16.0 Å². The first-order chi connectivity index (χ1) is 9.36. The van der Waals surface area contributed by atoms with E-state index in [-0.39, 0.29) is 19.0 Å². The topological polar surface area (TPSA) is 128 Å². The molecule has 9 heteroatoms. The monoisotopic (exact) mass is 286 g/mol. The highest BCUT2D eigenvalue weighted by atomic mass is 16.4. The van der Waals surface area contributed by atoms with Crippen LogP contribution >= 0.6 is 0 Å². The number of aliphatic carboxylic acids is 1. The van der Waals surface area contributed by atoms with E-state index in [0.717, 1.165) is 4.90 Å². The third kappa shape index (κ3) is 3.84. The Balaban J connectivity index is 2.69. The Morgan fingerprint density at radius 2 is 2.15 bits per heavy atom. The van der Waals surface area contributed by atoms with Gasteiger partial charge < -0.3 is 21.1 Å². The van der Waals surface area contributed by atoms with Crippen molar-refractivity contribution in [3.63, 3.8) is 0 Å². The first-order valence-electron chi connectivity index (χ1n) is 6.21. The fraction of sp³-hybridized carbons (Fsp3) is 0.636. The third-order valence-electron chi connectivity index (χ3n) is 2.81. The van der Waals surface area contributed by atoms with E-state index in [1.165, 1.54) is 6.92 Å². The molecule has 0 aromatic rings. The van der Waals surface area contributed by atoms with Crippen LogP contribution in [0.4, 0.5) is 4.79 Å². The Labute approximate surface area is 115 Å². The van der Waals surface area contributed by atoms with E-state index in [1.807, 2.05) is 0 Å². The fourth-order valence-corrected chi connectivity index (χ4v) is 1.74. The minimum absolute atomic E-state index is 0.156. The summed E-state index contributed by atoms with van der Waals surface area (Å²) in [5.74, 6) is -2.04. The predicted molar refractivity (Wildman–Crippen MR) is 67.8 cm³/mol. The molecule has 0 bridgehead atoms. The van der Waals surface area contributed by atoms with Crippen molar-refractivity contribution in [2.75, 3.05) is 19.6 Å². The van der Waals surface area contributed by atoms with E-state index in [9.17, 15) is 19.2 Å². The van der Waals surface area contributed by atoms with Crippen molar-refractivity contribution in [1.82, 2.24) is 20.9 Å². The number of rotatable bonds is 4. The van der Waals surface area contributed by atoms with Gasteiger partial charge in [-0.3, -0.25) is 14.5 Å². The predicted octanol–water partition coefficient (Wildman–Crippen LogP) is -1.89. The first-order valence-corrected chi connectivity index (χ1v) is 6.21. The minimum atomic E-state index is -1.22. The molecule has 0 spiro atoms. The Kier molecular flexibility index (Phi) is 5.30. The second-order valence-electron chi connectivity index (χ2n) is 4.35. The molecule has 0 radical (unpaired) electrons. The first kappa shape index (κ1) is 15.7. The molecule has 0 saturated carbocycles. The average Bonchev–Trinajstić information content (AvgIpc) is 2.38. The molecule has 1 saturated heterocycles. The summed E-state index contributed by atoms with van der Waals surface area (Å²) in [6, 6.07) is -2.72. The summed E-state index contributed by atoms with van der Waals surface area (Å²) < 4.78 is 0. The van der Waals surface area contributed by atoms with Crippen LogP contribution in [0.5, 0.6) is 0 Å². The van der Waals surface area contributed by atoms with Gasteiger partial charge in [-0.05, 0) is 13.8 Å². The molecule has 1 heterocycles. The van der Waals surface area contributed by atoms with Gasteiger partial charge >= 0.3 is 12.0 Å². The number of carbonyl (C=O) groups is 4. The molecule has 2 unspecified atom stereocenters. The molecular weight excluding hydrogens is 268 g/mol. The number of urea groups is 1. The van der Waals surface area contributed by atoms with Crippen LogP contribution < -0.4 is 16.0 Å². The number of piperazine rings is 1. The number of carboxylic acids is 1. The molecule has 112 valence electrons. The highest BCUT2D eigenvalue weighted by molar-refractivity contribution is 5.92. The number of carboxylic acid groups (broad SMARTS) is 1. The standard InChI is InChI=1S/C11H18N4O5/c1-3-12-9(17)6(2)14-11(20)15-5-8(16)13-4-7(15)10(18)19/h6-7H,3-5H2,1-2H3,(H,12,17)(H,13,16)(H,14,20)(H,18,19). The average molecular weight is 286 g/mol. The second-order valence-corrected chi connectivity index (χ2v) is 4.35. The fourth-order valence-electron chi connectivity index (χ4n) is 1.74. The van der Waals surface area contributed by atoms with Crippen LogP contribution in [0.15, 0.2) is 0 Å². The zero-order valence-electron chi connectivity index (χ0n) is 11.3. The smallest absolute Gasteiger partial charge is 0.328 e. The van der Waals surface area contributed by atoms with Gasteiger partial charge in [-0.1, -0.05) is 0 Å². The van der Waals surface area contributed by atoms with Gasteiger partial charge in [0.1, 0.15) is 18.6 Å². The summed E-state index contributed by atoms with van der Waals surface area (Å²) in [4.78, 5) is 46.7. The molecule has 1 fully saturated rings. The maximum atomic E-state index is 12.0. The zero-order valence-corrected chi connectivity index (χ0v) is 11.3. The van der Waals surface area contributed by atoms with Gasteiger partial charge in [-0.25, -0.2) is 9.59 Å². The molecule has 4 amide bonds. The van der Waals surface area contributed by atoms with Crippen LogP contribution in [-0.2, 0) is 14.4 Å². The van der Waals surface area contributed by atoms with Crippen molar-refractivity contribution >= 4 is 23.8 Å². The lowest BCUT2D eigenvalue weighted by molar-refractivity contribution is -0.144. The van der Waals surface area contributed by atoms with Crippen molar-refractivity contribution in [3.05, 3.63) is 0 Å². The van der Waals surface area contributed by atoms with Gasteiger partial charge in [0.2, 0.25) is 11.8 Å². The third-order valence-corrected chi connectivity index (χ3v) is 2.81. The highest BCUT2D eigenvalue weighted by Gasteiger charge is 2.36. The van der Waals surface area contributed by atoms with Crippen molar-refractivity contribution < 1.29 is 24.3 Å². The highest BCUT2D eigenvalue weighted by Crippen LogP contribution is 2.05. The van der Waals surface area contributed by atoms with Gasteiger partial charge in [-0.2, -0.15) is 0 Å². The van der Waals surface area contributed by atoms with Crippen molar-refractivity contribution in [2.45, 2.75) is 25.9 Å². The van der Waals surface area contributed by atoms with E-state index in [4.69, 9.17) is 5.11 Å². The Bertz CT molecular complexity index is 425. The van der Waals surface area contributed by atoms with Crippen molar-refractivity contribution in [1.29, 1.82) is 0 Å². The van der Waals surface area contributed by atoms with E-state index in [0.29, 0.717) is 6.54 Å². The van der Waals surface area contributed by atoms with Gasteiger partial charge in [-0.15, -0.1) is 0 Å². The van der Waals surface area contributed by atoms with Crippen molar-refractivity contribution in [2.24, 2.45) is 0 Å². The number of hydrogen-bond acceptors (Lipinski definition) is 4. The molecule has 1 aliphatic heterocycles.